The highest BCUT2D eigenvalue weighted by Gasteiger charge is 2.28. The summed E-state index contributed by atoms with van der Waals surface area (Å²) in [7, 11) is 1.58. The van der Waals surface area contributed by atoms with Gasteiger partial charge in [0.05, 0.1) is 17.7 Å². The molecule has 206 valence electrons. The van der Waals surface area contributed by atoms with Crippen LogP contribution in [0.1, 0.15) is 62.6 Å². The third-order valence-corrected chi connectivity index (χ3v) is 7.64. The highest BCUT2D eigenvalue weighted by molar-refractivity contribution is 6.34. The molecule has 0 bridgehead atoms. The average Bonchev–Trinajstić information content (AvgIpc) is 3.33. The van der Waals surface area contributed by atoms with Gasteiger partial charge in [-0.3, -0.25) is 14.3 Å². The fraction of sp³-hybridized carbons (Fsp3) is 0.536. The van der Waals surface area contributed by atoms with Crippen LogP contribution in [0, 0.1) is 0 Å². The number of aromatic hydroxyl groups is 1. The molecule has 0 atom stereocenters. The molecule has 38 heavy (non-hydrogen) atoms. The number of amides is 1. The van der Waals surface area contributed by atoms with E-state index < -0.39 is 0 Å². The van der Waals surface area contributed by atoms with Crippen LogP contribution in [-0.2, 0) is 0 Å². The number of hydrogen-bond donors (Lipinski definition) is 2. The number of phenolic OH excluding ortho intramolecular Hbond substituents is 1. The van der Waals surface area contributed by atoms with Crippen molar-refractivity contribution in [3.63, 3.8) is 0 Å². The molecule has 10 heteroatoms. The SMILES string of the molecule is CCNC(=O)c1nnc(-c2cc(C(C)C)c(OC)cc2O)n1C1=C(Cl)C=C(CN2CCN(CC)CC2)CC1. The van der Waals surface area contributed by atoms with Crippen molar-refractivity contribution >= 4 is 23.2 Å². The Kier molecular flexibility index (Phi) is 9.12. The molecule has 1 amide bonds. The summed E-state index contributed by atoms with van der Waals surface area (Å²) < 4.78 is 7.19. The second kappa shape index (κ2) is 12.3. The Labute approximate surface area is 230 Å². The topological polar surface area (TPSA) is 95.8 Å². The van der Waals surface area contributed by atoms with Crippen LogP contribution >= 0.6 is 11.6 Å². The fourth-order valence-electron chi connectivity index (χ4n) is 5.12. The monoisotopic (exact) mass is 542 g/mol. The summed E-state index contributed by atoms with van der Waals surface area (Å²) in [6, 6.07) is 3.44. The Morgan fingerprint density at radius 1 is 1.13 bits per heavy atom. The first-order chi connectivity index (χ1) is 18.3. The van der Waals surface area contributed by atoms with Gasteiger partial charge in [0.15, 0.2) is 5.82 Å². The zero-order valence-electron chi connectivity index (χ0n) is 23.1. The van der Waals surface area contributed by atoms with Gasteiger partial charge in [0.1, 0.15) is 11.5 Å². The number of carbonyl (C=O) groups excluding carboxylic acids is 1. The molecule has 1 aromatic heterocycles. The number of aromatic nitrogens is 3. The number of rotatable bonds is 9. The highest BCUT2D eigenvalue weighted by atomic mass is 35.5. The van der Waals surface area contributed by atoms with Crippen LogP contribution in [-0.4, -0.2) is 88.5 Å². The summed E-state index contributed by atoms with van der Waals surface area (Å²) in [5.41, 5.74) is 3.41. The minimum absolute atomic E-state index is 0.00247. The Hall–Kier alpha value is -2.88. The Balaban J connectivity index is 1.74. The number of allylic oxidation sites excluding steroid dienone is 3. The highest BCUT2D eigenvalue weighted by Crippen LogP contribution is 2.40. The zero-order chi connectivity index (χ0) is 27.4. The Morgan fingerprint density at radius 2 is 1.84 bits per heavy atom. The second-order valence-corrected chi connectivity index (χ2v) is 10.5. The van der Waals surface area contributed by atoms with Crippen molar-refractivity contribution in [2.45, 2.75) is 46.5 Å². The molecule has 9 nitrogen and oxygen atoms in total. The van der Waals surface area contributed by atoms with Crippen LogP contribution in [0.5, 0.6) is 11.5 Å². The molecule has 0 saturated carbocycles. The number of phenols is 1. The molecule has 2 aromatic rings. The molecule has 1 aliphatic carbocycles. The summed E-state index contributed by atoms with van der Waals surface area (Å²) in [4.78, 5) is 17.9. The first kappa shape index (κ1) is 28.1. The number of halogens is 1. The van der Waals surface area contributed by atoms with E-state index in [0.29, 0.717) is 35.1 Å². The van der Waals surface area contributed by atoms with Crippen LogP contribution in [0.4, 0.5) is 0 Å². The number of ether oxygens (including phenoxy) is 1. The number of nitrogens with one attached hydrogen (secondary N) is 1. The summed E-state index contributed by atoms with van der Waals surface area (Å²) in [6.07, 6.45) is 3.47. The molecule has 1 fully saturated rings. The molecule has 0 radical (unpaired) electrons. The van der Waals surface area contributed by atoms with Crippen LogP contribution < -0.4 is 10.1 Å². The minimum atomic E-state index is -0.344. The number of likely N-dealkylation sites (N-methyl/N-ethyl adjacent to an activating group) is 1. The van der Waals surface area contributed by atoms with Crippen molar-refractivity contribution in [3.05, 3.63) is 40.2 Å². The first-order valence-electron chi connectivity index (χ1n) is 13.4. The molecule has 2 aliphatic rings. The fourth-order valence-corrected chi connectivity index (χ4v) is 5.45. The van der Waals surface area contributed by atoms with Gasteiger partial charge in [-0.2, -0.15) is 0 Å². The number of benzene rings is 1. The van der Waals surface area contributed by atoms with Gasteiger partial charge < -0.3 is 20.1 Å². The summed E-state index contributed by atoms with van der Waals surface area (Å²) in [5.74, 6) is 0.906. The van der Waals surface area contributed by atoms with E-state index in [4.69, 9.17) is 16.3 Å². The molecule has 1 saturated heterocycles. The maximum Gasteiger partial charge on any atom is 0.289 e. The molecule has 2 heterocycles. The molecular weight excluding hydrogens is 504 g/mol. The predicted octanol–water partition coefficient (Wildman–Crippen LogP) is 4.30. The summed E-state index contributed by atoms with van der Waals surface area (Å²) in [5, 5.41) is 22.9. The molecule has 0 spiro atoms. The van der Waals surface area contributed by atoms with E-state index in [-0.39, 0.29) is 23.4 Å². The third-order valence-electron chi connectivity index (χ3n) is 7.31. The maximum absolute atomic E-state index is 13.0. The van der Waals surface area contributed by atoms with E-state index in [1.807, 2.05) is 19.1 Å². The molecular formula is C28H39ClN6O3. The van der Waals surface area contributed by atoms with E-state index >= 15 is 0 Å². The number of carbonyl (C=O) groups is 1. The molecule has 1 aliphatic heterocycles. The van der Waals surface area contributed by atoms with Crippen molar-refractivity contribution in [2.24, 2.45) is 0 Å². The normalized spacial score (nSPS) is 17.2. The van der Waals surface area contributed by atoms with E-state index in [9.17, 15) is 9.90 Å². The van der Waals surface area contributed by atoms with Crippen molar-refractivity contribution in [3.8, 4) is 22.9 Å². The van der Waals surface area contributed by atoms with E-state index in [1.165, 1.54) is 5.57 Å². The lowest BCUT2D eigenvalue weighted by Gasteiger charge is -2.35. The van der Waals surface area contributed by atoms with Gasteiger partial charge in [-0.1, -0.05) is 37.9 Å². The number of piperazine rings is 1. The number of methoxy groups -OCH3 is 1. The van der Waals surface area contributed by atoms with Gasteiger partial charge in [0, 0.05) is 51.0 Å². The predicted molar refractivity (Wildman–Crippen MR) is 151 cm³/mol. The van der Waals surface area contributed by atoms with Crippen molar-refractivity contribution in [2.75, 3.05) is 52.9 Å². The van der Waals surface area contributed by atoms with E-state index in [0.717, 1.165) is 56.9 Å². The molecule has 4 rings (SSSR count). The van der Waals surface area contributed by atoms with Crippen LogP contribution in [0.25, 0.3) is 17.1 Å². The minimum Gasteiger partial charge on any atom is -0.507 e. The number of nitrogens with zero attached hydrogens (tertiary/aromatic N) is 5. The van der Waals surface area contributed by atoms with Crippen molar-refractivity contribution in [1.82, 2.24) is 29.9 Å². The van der Waals surface area contributed by atoms with Crippen LogP contribution in [0.2, 0.25) is 0 Å². The quantitative estimate of drug-likeness (QED) is 0.488. The van der Waals surface area contributed by atoms with Crippen LogP contribution in [0.15, 0.2) is 28.8 Å². The lowest BCUT2D eigenvalue weighted by atomic mass is 9.98. The maximum atomic E-state index is 13.0. The van der Waals surface area contributed by atoms with Gasteiger partial charge in [-0.15, -0.1) is 10.2 Å². The largest absolute Gasteiger partial charge is 0.507 e. The smallest absolute Gasteiger partial charge is 0.289 e. The van der Waals surface area contributed by atoms with E-state index in [1.54, 1.807) is 17.7 Å². The van der Waals surface area contributed by atoms with Crippen LogP contribution in [0.3, 0.4) is 0 Å². The summed E-state index contributed by atoms with van der Waals surface area (Å²) >= 11 is 6.90. The van der Waals surface area contributed by atoms with Gasteiger partial charge in [-0.25, -0.2) is 0 Å². The molecule has 1 aromatic carbocycles. The molecule has 0 unspecified atom stereocenters. The zero-order valence-corrected chi connectivity index (χ0v) is 23.8. The van der Waals surface area contributed by atoms with Gasteiger partial charge in [0.2, 0.25) is 5.82 Å². The second-order valence-electron chi connectivity index (χ2n) is 10.1. The Morgan fingerprint density at radius 3 is 2.45 bits per heavy atom. The van der Waals surface area contributed by atoms with E-state index in [2.05, 4.69) is 46.1 Å². The van der Waals surface area contributed by atoms with Gasteiger partial charge in [0.25, 0.3) is 5.91 Å². The third kappa shape index (κ3) is 5.90. The first-order valence-corrected chi connectivity index (χ1v) is 13.8. The summed E-state index contributed by atoms with van der Waals surface area (Å²) in [6.45, 7) is 14.9. The van der Waals surface area contributed by atoms with Crippen molar-refractivity contribution < 1.29 is 14.6 Å². The lowest BCUT2D eigenvalue weighted by Crippen LogP contribution is -2.46. The molecule has 2 N–H and O–H groups in total. The Bertz CT molecular complexity index is 1230. The number of hydrogen-bond acceptors (Lipinski definition) is 7. The van der Waals surface area contributed by atoms with Gasteiger partial charge in [-0.05, 0) is 49.9 Å². The average molecular weight is 543 g/mol. The van der Waals surface area contributed by atoms with Gasteiger partial charge >= 0.3 is 0 Å². The van der Waals surface area contributed by atoms with Crippen molar-refractivity contribution in [1.29, 1.82) is 0 Å². The standard InChI is InChI=1S/C28H39ClN6O3/c1-6-30-28(37)27-32-31-26(21-15-20(18(3)4)25(38-5)16-24(21)36)35(27)23-9-8-19(14-22(23)29)17-34-12-10-33(7-2)11-13-34/h14-16,18,36H,6-13,17H2,1-5H3,(H,30,37). The lowest BCUT2D eigenvalue weighted by molar-refractivity contribution is 0.0943.